The second-order valence-electron chi connectivity index (χ2n) is 7.00. The van der Waals surface area contributed by atoms with Gasteiger partial charge < -0.3 is 4.74 Å². The molecule has 0 spiro atoms. The van der Waals surface area contributed by atoms with E-state index in [1.807, 2.05) is 37.3 Å². The summed E-state index contributed by atoms with van der Waals surface area (Å²) in [6.45, 7) is 7.48. The Balaban J connectivity index is 2.32. The zero-order chi connectivity index (χ0) is 19.3. The molecule has 0 amide bonds. The fourth-order valence-corrected chi connectivity index (χ4v) is 2.83. The van der Waals surface area contributed by atoms with E-state index in [0.29, 0.717) is 24.2 Å². The van der Waals surface area contributed by atoms with Gasteiger partial charge in [0.2, 0.25) is 0 Å². The normalized spacial score (nSPS) is 13.3. The third-order valence-corrected chi connectivity index (χ3v) is 4.61. The van der Waals surface area contributed by atoms with Crippen molar-refractivity contribution in [2.75, 3.05) is 7.11 Å². The van der Waals surface area contributed by atoms with Crippen molar-refractivity contribution >= 4 is 11.8 Å². The average Bonchev–Trinajstić information content (AvgIpc) is 2.65. The maximum absolute atomic E-state index is 12.6. The van der Waals surface area contributed by atoms with Gasteiger partial charge in [0.25, 0.3) is 0 Å². The van der Waals surface area contributed by atoms with Crippen LogP contribution in [0, 0.1) is 0 Å². The first kappa shape index (κ1) is 19.8. The summed E-state index contributed by atoms with van der Waals surface area (Å²) in [5.74, 6) is -0.131. The lowest BCUT2D eigenvalue weighted by Gasteiger charge is -2.27. The number of nitrogens with zero attached hydrogens (tertiary/aromatic N) is 2. The Morgan fingerprint density at radius 2 is 1.81 bits per heavy atom. The maximum Gasteiger partial charge on any atom is 0.317 e. The molecule has 0 aromatic carbocycles. The van der Waals surface area contributed by atoms with Gasteiger partial charge >= 0.3 is 5.97 Å². The molecule has 2 rings (SSSR count). The minimum absolute atomic E-state index is 0.0751. The van der Waals surface area contributed by atoms with E-state index in [1.165, 1.54) is 14.0 Å². The van der Waals surface area contributed by atoms with Gasteiger partial charge in [-0.15, -0.1) is 0 Å². The zero-order valence-electron chi connectivity index (χ0n) is 16.1. The molecule has 0 aliphatic rings. The van der Waals surface area contributed by atoms with Crippen molar-refractivity contribution < 1.29 is 14.3 Å². The molecule has 1 unspecified atom stereocenters. The number of aromatic nitrogens is 2. The van der Waals surface area contributed by atoms with Crippen LogP contribution < -0.4 is 0 Å². The molecule has 0 aliphatic heterocycles. The summed E-state index contributed by atoms with van der Waals surface area (Å²) in [6, 6.07) is 11.1. The summed E-state index contributed by atoms with van der Waals surface area (Å²) >= 11 is 0. The third-order valence-electron chi connectivity index (χ3n) is 4.61. The van der Waals surface area contributed by atoms with Crippen LogP contribution >= 0.6 is 0 Å². The van der Waals surface area contributed by atoms with Gasteiger partial charge in [-0.3, -0.25) is 14.6 Å². The second-order valence-corrected chi connectivity index (χ2v) is 7.00. The smallest absolute Gasteiger partial charge is 0.317 e. The Kier molecular flexibility index (Phi) is 6.24. The van der Waals surface area contributed by atoms with E-state index in [-0.39, 0.29) is 17.7 Å². The van der Waals surface area contributed by atoms with Crippen LogP contribution in [0.1, 0.15) is 67.6 Å². The highest BCUT2D eigenvalue weighted by Crippen LogP contribution is 2.30. The van der Waals surface area contributed by atoms with Crippen molar-refractivity contribution in [2.24, 2.45) is 0 Å². The number of esters is 1. The van der Waals surface area contributed by atoms with Crippen LogP contribution in [0.25, 0.3) is 0 Å². The Morgan fingerprint density at radius 3 is 2.42 bits per heavy atom. The first-order valence-corrected chi connectivity index (χ1v) is 8.80. The summed E-state index contributed by atoms with van der Waals surface area (Å²) in [5, 5.41) is 0. The molecule has 5 nitrogen and oxygen atoms in total. The third kappa shape index (κ3) is 4.34. The highest BCUT2D eigenvalue weighted by atomic mass is 16.5. The van der Waals surface area contributed by atoms with Crippen molar-refractivity contribution in [3.63, 3.8) is 0 Å². The average molecular weight is 354 g/mol. The number of hydrogen-bond donors (Lipinski definition) is 0. The summed E-state index contributed by atoms with van der Waals surface area (Å²) in [4.78, 5) is 33.2. The number of pyridine rings is 2. The molecule has 2 aromatic rings. The van der Waals surface area contributed by atoms with Crippen molar-refractivity contribution in [1.29, 1.82) is 0 Å². The molecule has 0 saturated heterocycles. The molecule has 0 N–H and O–H groups in total. The van der Waals surface area contributed by atoms with Gasteiger partial charge in [0.15, 0.2) is 5.78 Å². The van der Waals surface area contributed by atoms with E-state index in [2.05, 4.69) is 18.8 Å². The summed E-state index contributed by atoms with van der Waals surface area (Å²) < 4.78 is 5.07. The van der Waals surface area contributed by atoms with Crippen molar-refractivity contribution in [3.05, 3.63) is 59.2 Å². The van der Waals surface area contributed by atoms with Crippen LogP contribution in [0.3, 0.4) is 0 Å². The van der Waals surface area contributed by atoms with E-state index in [0.717, 1.165) is 11.4 Å². The first-order chi connectivity index (χ1) is 12.3. The van der Waals surface area contributed by atoms with Crippen LogP contribution in [0.5, 0.6) is 0 Å². The van der Waals surface area contributed by atoms with Crippen LogP contribution in [0.15, 0.2) is 36.4 Å². The minimum atomic E-state index is -0.881. The van der Waals surface area contributed by atoms with Crippen LogP contribution in [-0.2, 0) is 21.4 Å². The Bertz CT molecular complexity index is 801. The van der Waals surface area contributed by atoms with Crippen molar-refractivity contribution in [1.82, 2.24) is 9.97 Å². The molecule has 0 fully saturated rings. The first-order valence-electron chi connectivity index (χ1n) is 8.80. The molecule has 2 aromatic heterocycles. The summed E-state index contributed by atoms with van der Waals surface area (Å²) in [5.41, 5.74) is 1.95. The number of hydrogen-bond acceptors (Lipinski definition) is 5. The summed E-state index contributed by atoms with van der Waals surface area (Å²) in [6.07, 6.45) is 1.03. The molecule has 0 radical (unpaired) electrons. The minimum Gasteiger partial charge on any atom is -0.468 e. The lowest BCUT2D eigenvalue weighted by atomic mass is 9.81. The van der Waals surface area contributed by atoms with E-state index in [9.17, 15) is 9.59 Å². The second kappa shape index (κ2) is 8.21. The number of carbonyl (C=O) groups is 2. The standard InChI is InChI=1S/C21H26N2O3/c1-14(2)17-9-7-11-19(23-17)21(4,20(25)26-5)13-12-16-8-6-10-18(22-16)15(3)24/h6-11,14H,12-13H2,1-5H3. The molecule has 0 saturated carbocycles. The predicted molar refractivity (Wildman–Crippen MR) is 100 cm³/mol. The molecule has 26 heavy (non-hydrogen) atoms. The largest absolute Gasteiger partial charge is 0.468 e. The Morgan fingerprint density at radius 1 is 1.12 bits per heavy atom. The van der Waals surface area contributed by atoms with Gasteiger partial charge in [-0.2, -0.15) is 0 Å². The van der Waals surface area contributed by atoms with E-state index in [1.54, 1.807) is 6.07 Å². The fourth-order valence-electron chi connectivity index (χ4n) is 2.83. The highest BCUT2D eigenvalue weighted by molar-refractivity contribution is 5.92. The maximum atomic E-state index is 12.6. The topological polar surface area (TPSA) is 69.2 Å². The molecule has 5 heteroatoms. The van der Waals surface area contributed by atoms with Crippen molar-refractivity contribution in [3.8, 4) is 0 Å². The molecule has 1 atom stereocenters. The lowest BCUT2D eigenvalue weighted by Crippen LogP contribution is -2.35. The van der Waals surface area contributed by atoms with Gasteiger partial charge in [0.1, 0.15) is 11.1 Å². The molecule has 2 heterocycles. The molecule has 138 valence electrons. The molecular formula is C21H26N2O3. The van der Waals surface area contributed by atoms with Crippen molar-refractivity contribution in [2.45, 2.75) is 51.9 Å². The fraction of sp³-hybridized carbons (Fsp3) is 0.429. The van der Waals surface area contributed by atoms with Crippen LogP contribution in [0.4, 0.5) is 0 Å². The molecular weight excluding hydrogens is 328 g/mol. The van der Waals surface area contributed by atoms with Crippen LogP contribution in [-0.4, -0.2) is 28.8 Å². The zero-order valence-corrected chi connectivity index (χ0v) is 16.1. The van der Waals surface area contributed by atoms with E-state index in [4.69, 9.17) is 9.72 Å². The van der Waals surface area contributed by atoms with Gasteiger partial charge in [0, 0.05) is 18.3 Å². The quantitative estimate of drug-likeness (QED) is 0.558. The van der Waals surface area contributed by atoms with Crippen LogP contribution in [0.2, 0.25) is 0 Å². The molecule has 0 bridgehead atoms. The number of Topliss-reactive ketones (excluding diaryl/α,β-unsaturated/α-hetero) is 1. The SMILES string of the molecule is COC(=O)C(C)(CCc1cccc(C(C)=O)n1)c1cccc(C(C)C)n1. The number of ether oxygens (including phenoxy) is 1. The number of methoxy groups -OCH3 is 1. The number of rotatable bonds is 7. The van der Waals surface area contributed by atoms with Gasteiger partial charge in [-0.25, -0.2) is 4.98 Å². The summed E-state index contributed by atoms with van der Waals surface area (Å²) in [7, 11) is 1.39. The van der Waals surface area contributed by atoms with Gasteiger partial charge in [-0.1, -0.05) is 26.0 Å². The molecule has 0 aliphatic carbocycles. The highest BCUT2D eigenvalue weighted by Gasteiger charge is 2.38. The van der Waals surface area contributed by atoms with E-state index < -0.39 is 5.41 Å². The predicted octanol–water partition coefficient (Wildman–Crippen LogP) is 3.87. The lowest BCUT2D eigenvalue weighted by molar-refractivity contribution is -0.147. The monoisotopic (exact) mass is 354 g/mol. The number of carbonyl (C=O) groups excluding carboxylic acids is 2. The Labute approximate surface area is 154 Å². The number of aryl methyl sites for hydroxylation is 1. The van der Waals surface area contributed by atoms with Gasteiger partial charge in [-0.05, 0) is 49.9 Å². The Hall–Kier alpha value is -2.56. The van der Waals surface area contributed by atoms with Gasteiger partial charge in [0.05, 0.1) is 12.8 Å². The number of ketones is 1. The van der Waals surface area contributed by atoms with E-state index >= 15 is 0 Å².